The molecular formula is C22H33NO9. The number of hydrogen-bond donors (Lipinski definition) is 2. The van der Waals surface area contributed by atoms with Crippen molar-refractivity contribution < 1.29 is 38.9 Å². The molecule has 0 spiro atoms. The van der Waals surface area contributed by atoms with Gasteiger partial charge in [-0.15, -0.1) is 0 Å². The zero-order chi connectivity index (χ0) is 23.8. The van der Waals surface area contributed by atoms with E-state index in [1.807, 2.05) is 0 Å². The summed E-state index contributed by atoms with van der Waals surface area (Å²) in [6.07, 6.45) is 4.47. The Morgan fingerprint density at radius 2 is 1.56 bits per heavy atom. The number of rotatable bonds is 16. The van der Waals surface area contributed by atoms with Crippen molar-refractivity contribution in [3.05, 3.63) is 34.4 Å². The number of non-ortho nitro benzene ring substituents is 1. The lowest BCUT2D eigenvalue weighted by molar-refractivity contribution is -0.384. The summed E-state index contributed by atoms with van der Waals surface area (Å²) >= 11 is 0. The Morgan fingerprint density at radius 3 is 2.16 bits per heavy atom. The monoisotopic (exact) mass is 455 g/mol. The molecule has 0 aliphatic carbocycles. The van der Waals surface area contributed by atoms with Crippen LogP contribution in [0.2, 0.25) is 0 Å². The number of carbonyl (C=O) groups excluding carboxylic acids is 2. The van der Waals surface area contributed by atoms with Crippen molar-refractivity contribution >= 4 is 17.8 Å². The van der Waals surface area contributed by atoms with Crippen LogP contribution in [0.3, 0.4) is 0 Å². The van der Waals surface area contributed by atoms with Gasteiger partial charge < -0.3 is 24.4 Å². The minimum absolute atomic E-state index is 0.0538. The van der Waals surface area contributed by atoms with E-state index >= 15 is 0 Å². The SMILES string of the molecule is CCCCCCCCC(CCC(=O)OC(CO)CO)OC(=O)Oc1ccc([N+](=O)[O-])cc1. The number of carbonyl (C=O) groups is 2. The fraction of sp³-hybridized carbons (Fsp3) is 0.636. The summed E-state index contributed by atoms with van der Waals surface area (Å²) in [5, 5.41) is 28.7. The Kier molecular flexibility index (Phi) is 13.6. The minimum atomic E-state index is -0.979. The van der Waals surface area contributed by atoms with Crippen molar-refractivity contribution in [2.24, 2.45) is 0 Å². The fourth-order valence-electron chi connectivity index (χ4n) is 2.96. The van der Waals surface area contributed by atoms with E-state index in [0.717, 1.165) is 32.1 Å². The standard InChI is InChI=1S/C22H33NO9/c1-2-3-4-5-6-7-8-18(13-14-21(26)30-20(15-24)16-25)31-22(27)32-19-11-9-17(10-12-19)23(28)29/h9-12,18,20,24-25H,2-8,13-16H2,1H3. The number of unbranched alkanes of at least 4 members (excludes halogenated alkanes) is 5. The van der Waals surface area contributed by atoms with Crippen LogP contribution in [0.4, 0.5) is 10.5 Å². The quantitative estimate of drug-likeness (QED) is 0.124. The second-order valence-electron chi connectivity index (χ2n) is 7.42. The van der Waals surface area contributed by atoms with E-state index in [-0.39, 0.29) is 24.3 Å². The molecule has 0 saturated carbocycles. The molecule has 0 radical (unpaired) electrons. The first-order valence-corrected chi connectivity index (χ1v) is 10.9. The van der Waals surface area contributed by atoms with Crippen molar-refractivity contribution in [3.63, 3.8) is 0 Å². The summed E-state index contributed by atoms with van der Waals surface area (Å²) in [4.78, 5) is 34.2. The van der Waals surface area contributed by atoms with E-state index in [1.54, 1.807) is 0 Å². The molecule has 1 aromatic carbocycles. The average molecular weight is 456 g/mol. The van der Waals surface area contributed by atoms with Crippen LogP contribution in [0.25, 0.3) is 0 Å². The number of esters is 1. The highest BCUT2D eigenvalue weighted by Gasteiger charge is 2.20. The molecule has 0 amide bonds. The maximum atomic E-state index is 12.2. The van der Waals surface area contributed by atoms with Gasteiger partial charge in [0.25, 0.3) is 5.69 Å². The second kappa shape index (κ2) is 16.0. The van der Waals surface area contributed by atoms with E-state index in [4.69, 9.17) is 24.4 Å². The lowest BCUT2D eigenvalue weighted by atomic mass is 10.0. The zero-order valence-electron chi connectivity index (χ0n) is 18.4. The van der Waals surface area contributed by atoms with Gasteiger partial charge in [0.1, 0.15) is 18.0 Å². The topological polar surface area (TPSA) is 145 Å². The summed E-state index contributed by atoms with van der Waals surface area (Å²) in [6, 6.07) is 5.02. The molecule has 2 N–H and O–H groups in total. The normalized spacial score (nSPS) is 11.8. The van der Waals surface area contributed by atoms with E-state index < -0.39 is 42.5 Å². The number of benzene rings is 1. The summed E-state index contributed by atoms with van der Waals surface area (Å²) in [6.45, 7) is 1.17. The molecule has 10 nitrogen and oxygen atoms in total. The molecule has 1 rings (SSSR count). The number of nitro benzene ring substituents is 1. The van der Waals surface area contributed by atoms with Crippen LogP contribution in [0.15, 0.2) is 24.3 Å². The molecular weight excluding hydrogens is 422 g/mol. The van der Waals surface area contributed by atoms with E-state index in [2.05, 4.69) is 6.92 Å². The van der Waals surface area contributed by atoms with Crippen LogP contribution in [-0.2, 0) is 14.3 Å². The maximum Gasteiger partial charge on any atom is 0.514 e. The van der Waals surface area contributed by atoms with E-state index in [1.165, 1.54) is 30.7 Å². The Morgan fingerprint density at radius 1 is 0.938 bits per heavy atom. The molecule has 0 aromatic heterocycles. The molecule has 1 aromatic rings. The Balaban J connectivity index is 2.58. The number of hydrogen-bond acceptors (Lipinski definition) is 9. The first kappa shape index (κ1) is 27.3. The Bertz CT molecular complexity index is 689. The highest BCUT2D eigenvalue weighted by atomic mass is 16.7. The smallest absolute Gasteiger partial charge is 0.457 e. The van der Waals surface area contributed by atoms with Gasteiger partial charge in [-0.3, -0.25) is 14.9 Å². The largest absolute Gasteiger partial charge is 0.514 e. The van der Waals surface area contributed by atoms with Gasteiger partial charge in [-0.1, -0.05) is 39.0 Å². The van der Waals surface area contributed by atoms with Crippen molar-refractivity contribution in [1.29, 1.82) is 0 Å². The fourth-order valence-corrected chi connectivity index (χ4v) is 2.96. The highest BCUT2D eigenvalue weighted by Crippen LogP contribution is 2.20. The van der Waals surface area contributed by atoms with Crippen LogP contribution in [0, 0.1) is 10.1 Å². The number of nitro groups is 1. The Labute approximate surface area is 187 Å². The molecule has 10 heteroatoms. The van der Waals surface area contributed by atoms with Crippen molar-refractivity contribution in [2.75, 3.05) is 13.2 Å². The average Bonchev–Trinajstić information content (AvgIpc) is 2.78. The molecule has 1 atom stereocenters. The van der Waals surface area contributed by atoms with Gasteiger partial charge in [-0.25, -0.2) is 4.79 Å². The minimum Gasteiger partial charge on any atom is -0.457 e. The summed E-state index contributed by atoms with van der Waals surface area (Å²) in [7, 11) is 0. The van der Waals surface area contributed by atoms with Gasteiger partial charge in [-0.2, -0.15) is 0 Å². The number of aliphatic hydroxyl groups is 2. The van der Waals surface area contributed by atoms with Crippen molar-refractivity contribution in [1.82, 2.24) is 0 Å². The van der Waals surface area contributed by atoms with Crippen LogP contribution in [0.5, 0.6) is 5.75 Å². The predicted octanol–water partition coefficient (Wildman–Crippen LogP) is 3.91. The zero-order valence-corrected chi connectivity index (χ0v) is 18.4. The van der Waals surface area contributed by atoms with E-state index in [0.29, 0.717) is 6.42 Å². The molecule has 180 valence electrons. The molecule has 0 aliphatic heterocycles. The van der Waals surface area contributed by atoms with Crippen LogP contribution in [-0.4, -0.2) is 52.7 Å². The number of aliphatic hydroxyl groups excluding tert-OH is 2. The predicted molar refractivity (Wildman–Crippen MR) is 115 cm³/mol. The maximum absolute atomic E-state index is 12.2. The molecule has 0 aliphatic rings. The molecule has 1 unspecified atom stereocenters. The third-order valence-corrected chi connectivity index (χ3v) is 4.77. The van der Waals surface area contributed by atoms with Crippen molar-refractivity contribution in [3.8, 4) is 5.75 Å². The van der Waals surface area contributed by atoms with Gasteiger partial charge in [-0.05, 0) is 31.4 Å². The summed E-state index contributed by atoms with van der Waals surface area (Å²) in [5.41, 5.74) is -0.130. The van der Waals surface area contributed by atoms with Crippen LogP contribution >= 0.6 is 0 Å². The summed E-state index contributed by atoms with van der Waals surface area (Å²) < 4.78 is 15.4. The Hall–Kier alpha value is -2.72. The number of nitrogens with zero attached hydrogens (tertiary/aromatic N) is 1. The third-order valence-electron chi connectivity index (χ3n) is 4.77. The summed E-state index contributed by atoms with van der Waals surface area (Å²) in [5.74, 6) is -0.509. The van der Waals surface area contributed by atoms with Gasteiger partial charge >= 0.3 is 12.1 Å². The first-order valence-electron chi connectivity index (χ1n) is 10.9. The second-order valence-corrected chi connectivity index (χ2v) is 7.42. The number of ether oxygens (including phenoxy) is 3. The van der Waals surface area contributed by atoms with Gasteiger partial charge in [0, 0.05) is 18.6 Å². The first-order chi connectivity index (χ1) is 15.4. The molecule has 0 saturated heterocycles. The molecule has 0 bridgehead atoms. The van der Waals surface area contributed by atoms with Crippen LogP contribution in [0.1, 0.15) is 64.7 Å². The lowest BCUT2D eigenvalue weighted by Gasteiger charge is -2.18. The molecule has 32 heavy (non-hydrogen) atoms. The van der Waals surface area contributed by atoms with Crippen molar-refractivity contribution in [2.45, 2.75) is 76.9 Å². The molecule has 0 fully saturated rings. The van der Waals surface area contributed by atoms with E-state index in [9.17, 15) is 19.7 Å². The third kappa shape index (κ3) is 11.6. The van der Waals surface area contributed by atoms with Gasteiger partial charge in [0.15, 0.2) is 0 Å². The highest BCUT2D eigenvalue weighted by molar-refractivity contribution is 5.69. The molecule has 0 heterocycles. The van der Waals surface area contributed by atoms with Gasteiger partial charge in [0.05, 0.1) is 18.1 Å². The van der Waals surface area contributed by atoms with Crippen LogP contribution < -0.4 is 4.74 Å². The van der Waals surface area contributed by atoms with Gasteiger partial charge in [0.2, 0.25) is 0 Å². The lowest BCUT2D eigenvalue weighted by Crippen LogP contribution is -2.27.